The summed E-state index contributed by atoms with van der Waals surface area (Å²) in [5, 5.41) is 3.16. The molecule has 1 aromatic heterocycles. The highest BCUT2D eigenvalue weighted by Gasteiger charge is 2.24. The van der Waals surface area contributed by atoms with Crippen LogP contribution in [-0.2, 0) is 7.05 Å². The third kappa shape index (κ3) is 5.57. The number of likely N-dealkylation sites (tertiary alicyclic amines) is 1. The monoisotopic (exact) mass is 413 g/mol. The molecule has 1 amide bonds. The molecule has 1 fully saturated rings. The van der Waals surface area contributed by atoms with Crippen LogP contribution in [0.3, 0.4) is 0 Å². The average molecular weight is 414 g/mol. The number of aromatic nitrogens is 1. The maximum absolute atomic E-state index is 12.9. The van der Waals surface area contributed by atoms with Crippen LogP contribution < -0.4 is 14.8 Å². The number of hydrogen-bond donors (Lipinski definition) is 1. The summed E-state index contributed by atoms with van der Waals surface area (Å²) >= 11 is 0. The molecule has 1 aliphatic heterocycles. The lowest BCUT2D eigenvalue weighted by Gasteiger charge is -2.31. The number of carbonyl (C=O) groups excluding carboxylic acids is 1. The smallest absolute Gasteiger partial charge is 0.251 e. The quantitative estimate of drug-likeness (QED) is 0.670. The maximum Gasteiger partial charge on any atom is 0.251 e. The molecule has 1 aliphatic rings. The predicted molar refractivity (Wildman–Crippen MR) is 119 cm³/mol. The molecule has 1 atom stereocenters. The van der Waals surface area contributed by atoms with E-state index in [4.69, 9.17) is 9.47 Å². The van der Waals surface area contributed by atoms with Crippen molar-refractivity contribution in [3.8, 4) is 11.5 Å². The first kappa shape index (κ1) is 22.2. The molecule has 0 radical (unpaired) electrons. The summed E-state index contributed by atoms with van der Waals surface area (Å²) < 4.78 is 13.4. The minimum absolute atomic E-state index is 0.0898. The number of nitrogens with zero attached hydrogens (tertiary/aromatic N) is 2. The van der Waals surface area contributed by atoms with Crippen LogP contribution in [0.5, 0.6) is 11.5 Å². The highest BCUT2D eigenvalue weighted by molar-refractivity contribution is 5.94. The van der Waals surface area contributed by atoms with Gasteiger partial charge in [0.1, 0.15) is 0 Å². The number of benzene rings is 1. The number of ether oxygens (including phenoxy) is 2. The van der Waals surface area contributed by atoms with Crippen LogP contribution in [0, 0.1) is 0 Å². The zero-order valence-electron chi connectivity index (χ0n) is 18.5. The van der Waals surface area contributed by atoms with Gasteiger partial charge in [0.15, 0.2) is 11.5 Å². The van der Waals surface area contributed by atoms with Crippen LogP contribution in [0.2, 0.25) is 0 Å². The molecule has 0 spiro atoms. The lowest BCUT2D eigenvalue weighted by molar-refractivity contribution is 0.0931. The molecule has 6 heteroatoms. The molecule has 2 aromatic rings. The lowest BCUT2D eigenvalue weighted by Crippen LogP contribution is -2.39. The Morgan fingerprint density at radius 2 is 1.73 bits per heavy atom. The van der Waals surface area contributed by atoms with Crippen LogP contribution >= 0.6 is 0 Å². The minimum atomic E-state index is -0.0898. The number of rotatable bonds is 9. The zero-order chi connectivity index (χ0) is 21.3. The first-order valence-electron chi connectivity index (χ1n) is 11.2. The number of nitrogens with one attached hydrogen (secondary N) is 1. The van der Waals surface area contributed by atoms with Crippen molar-refractivity contribution in [3.63, 3.8) is 0 Å². The second-order valence-electron chi connectivity index (χ2n) is 7.75. The Labute approximate surface area is 180 Å². The second-order valence-corrected chi connectivity index (χ2v) is 7.75. The van der Waals surface area contributed by atoms with E-state index in [0.717, 1.165) is 13.1 Å². The van der Waals surface area contributed by atoms with Gasteiger partial charge in [0.05, 0.1) is 19.3 Å². The molecule has 0 saturated carbocycles. The molecular formula is C24H35N3O3. The molecule has 1 saturated heterocycles. The van der Waals surface area contributed by atoms with E-state index >= 15 is 0 Å². The number of aryl methyl sites for hydroxylation is 1. The van der Waals surface area contributed by atoms with Crippen molar-refractivity contribution in [1.82, 2.24) is 14.8 Å². The van der Waals surface area contributed by atoms with Gasteiger partial charge in [-0.2, -0.15) is 0 Å². The Hall–Kier alpha value is -2.47. The van der Waals surface area contributed by atoms with Gasteiger partial charge < -0.3 is 19.4 Å². The van der Waals surface area contributed by atoms with Crippen LogP contribution in [0.4, 0.5) is 0 Å². The minimum Gasteiger partial charge on any atom is -0.490 e. The largest absolute Gasteiger partial charge is 0.490 e. The van der Waals surface area contributed by atoms with E-state index in [0.29, 0.717) is 36.8 Å². The molecule has 1 N–H and O–H groups in total. The van der Waals surface area contributed by atoms with Crippen molar-refractivity contribution in [2.24, 2.45) is 7.05 Å². The van der Waals surface area contributed by atoms with Gasteiger partial charge in [0.25, 0.3) is 5.91 Å². The van der Waals surface area contributed by atoms with Gasteiger partial charge in [0.2, 0.25) is 0 Å². The highest BCUT2D eigenvalue weighted by Crippen LogP contribution is 2.29. The van der Waals surface area contributed by atoms with E-state index in [1.807, 2.05) is 19.9 Å². The molecule has 2 heterocycles. The number of amides is 1. The van der Waals surface area contributed by atoms with E-state index in [9.17, 15) is 4.79 Å². The maximum atomic E-state index is 12.9. The summed E-state index contributed by atoms with van der Waals surface area (Å²) in [4.78, 5) is 15.5. The Morgan fingerprint density at radius 1 is 1.03 bits per heavy atom. The van der Waals surface area contributed by atoms with Gasteiger partial charge >= 0.3 is 0 Å². The Kier molecular flexibility index (Phi) is 8.20. The molecule has 6 nitrogen and oxygen atoms in total. The fraction of sp³-hybridized carbons (Fsp3) is 0.542. The number of hydrogen-bond acceptors (Lipinski definition) is 4. The molecule has 30 heavy (non-hydrogen) atoms. The van der Waals surface area contributed by atoms with Crippen molar-refractivity contribution < 1.29 is 14.3 Å². The van der Waals surface area contributed by atoms with Crippen molar-refractivity contribution in [2.75, 3.05) is 32.8 Å². The lowest BCUT2D eigenvalue weighted by atomic mass is 10.1. The van der Waals surface area contributed by atoms with Crippen molar-refractivity contribution in [3.05, 3.63) is 47.8 Å². The van der Waals surface area contributed by atoms with Crippen molar-refractivity contribution in [1.29, 1.82) is 0 Å². The van der Waals surface area contributed by atoms with Gasteiger partial charge in [-0.3, -0.25) is 9.69 Å². The SMILES string of the molecule is CCOc1ccc(C(=O)NCC(c2cccn2C)N2CCCCCC2)cc1OCC. The molecular weight excluding hydrogens is 378 g/mol. The second kappa shape index (κ2) is 11.1. The predicted octanol–water partition coefficient (Wildman–Crippen LogP) is 4.17. The fourth-order valence-electron chi connectivity index (χ4n) is 4.13. The Morgan fingerprint density at radius 3 is 2.37 bits per heavy atom. The summed E-state index contributed by atoms with van der Waals surface area (Å²) in [6.45, 7) is 7.66. The summed E-state index contributed by atoms with van der Waals surface area (Å²) in [5.41, 5.74) is 1.82. The van der Waals surface area contributed by atoms with Crippen LogP contribution in [0.25, 0.3) is 0 Å². The van der Waals surface area contributed by atoms with Crippen molar-refractivity contribution >= 4 is 5.91 Å². The first-order chi connectivity index (χ1) is 14.6. The van der Waals surface area contributed by atoms with Crippen LogP contribution in [0.15, 0.2) is 36.5 Å². The Bertz CT molecular complexity index is 810. The number of carbonyl (C=O) groups is 1. The molecule has 0 aliphatic carbocycles. The molecule has 1 unspecified atom stereocenters. The summed E-state index contributed by atoms with van der Waals surface area (Å²) in [6.07, 6.45) is 7.07. The van der Waals surface area contributed by atoms with Gasteiger partial charge in [-0.15, -0.1) is 0 Å². The van der Waals surface area contributed by atoms with Crippen LogP contribution in [-0.4, -0.2) is 48.2 Å². The fourth-order valence-corrected chi connectivity index (χ4v) is 4.13. The van der Waals surface area contributed by atoms with Gasteiger partial charge in [-0.1, -0.05) is 12.8 Å². The highest BCUT2D eigenvalue weighted by atomic mass is 16.5. The van der Waals surface area contributed by atoms with Crippen molar-refractivity contribution in [2.45, 2.75) is 45.6 Å². The topological polar surface area (TPSA) is 55.7 Å². The summed E-state index contributed by atoms with van der Waals surface area (Å²) in [6, 6.07) is 9.78. The standard InChI is InChI=1S/C24H35N3O3/c1-4-29-22-13-12-19(17-23(22)30-5-2)24(28)25-18-21(20-11-10-14-26(20)3)27-15-8-6-7-9-16-27/h10-14,17,21H,4-9,15-16,18H2,1-3H3,(H,25,28). The van der Waals surface area contributed by atoms with E-state index in [2.05, 4.69) is 40.2 Å². The summed E-state index contributed by atoms with van der Waals surface area (Å²) in [7, 11) is 2.07. The zero-order valence-corrected chi connectivity index (χ0v) is 18.5. The van der Waals surface area contributed by atoms with E-state index < -0.39 is 0 Å². The van der Waals surface area contributed by atoms with E-state index in [-0.39, 0.29) is 11.9 Å². The molecule has 0 bridgehead atoms. The summed E-state index contributed by atoms with van der Waals surface area (Å²) in [5.74, 6) is 1.19. The first-order valence-corrected chi connectivity index (χ1v) is 11.2. The van der Waals surface area contributed by atoms with Gasteiger partial charge in [0, 0.05) is 31.0 Å². The molecule has 3 rings (SSSR count). The third-order valence-corrected chi connectivity index (χ3v) is 5.67. The van der Waals surface area contributed by atoms with Crippen LogP contribution in [0.1, 0.15) is 61.6 Å². The van der Waals surface area contributed by atoms with Gasteiger partial charge in [-0.25, -0.2) is 0 Å². The Balaban J connectivity index is 1.74. The molecule has 1 aromatic carbocycles. The van der Waals surface area contributed by atoms with Gasteiger partial charge in [-0.05, 0) is 70.1 Å². The third-order valence-electron chi connectivity index (χ3n) is 5.67. The average Bonchev–Trinajstić information content (AvgIpc) is 2.99. The van der Waals surface area contributed by atoms with E-state index in [1.165, 1.54) is 31.4 Å². The van der Waals surface area contributed by atoms with E-state index in [1.54, 1.807) is 12.1 Å². The molecule has 164 valence electrons. The normalized spacial score (nSPS) is 16.0.